The summed E-state index contributed by atoms with van der Waals surface area (Å²) < 4.78 is 0. The molecule has 0 aromatic carbocycles. The largest absolute Gasteiger partial charge is 0.393 e. The second-order valence-electron chi connectivity index (χ2n) is 5.23. The molecule has 17 heavy (non-hydrogen) atoms. The lowest BCUT2D eigenvalue weighted by Crippen LogP contribution is -2.48. The lowest BCUT2D eigenvalue weighted by atomic mass is 9.64. The van der Waals surface area contributed by atoms with E-state index in [-0.39, 0.29) is 12.2 Å². The smallest absolute Gasteiger partial charge is 0.156 e. The molecule has 0 fully saturated rings. The fraction of sp³-hybridized carbons (Fsp3) is 0.615. The summed E-state index contributed by atoms with van der Waals surface area (Å²) in [7, 11) is 0. The zero-order valence-electron chi connectivity index (χ0n) is 10.5. The van der Waals surface area contributed by atoms with E-state index in [0.29, 0.717) is 5.57 Å². The first-order valence-electron chi connectivity index (χ1n) is 5.65. The Morgan fingerprint density at radius 1 is 1.53 bits per heavy atom. The molecular weight excluding hydrogens is 220 g/mol. The molecule has 4 nitrogen and oxygen atoms in total. The second-order valence-corrected chi connectivity index (χ2v) is 5.23. The first-order valence-corrected chi connectivity index (χ1v) is 5.65. The van der Waals surface area contributed by atoms with Crippen LogP contribution in [0.15, 0.2) is 23.8 Å². The predicted octanol–water partition coefficient (Wildman–Crippen LogP) is 0.572. The SMILES string of the molecule is CC1=CC(=O)CC(C)(C)[C@@]1(O)/C=C/[C@H](O)CO. The van der Waals surface area contributed by atoms with Crippen molar-refractivity contribution in [2.45, 2.75) is 38.9 Å². The molecule has 0 aromatic heterocycles. The summed E-state index contributed by atoms with van der Waals surface area (Å²) in [6.45, 7) is 4.90. The topological polar surface area (TPSA) is 77.8 Å². The Morgan fingerprint density at radius 3 is 2.59 bits per heavy atom. The van der Waals surface area contributed by atoms with E-state index >= 15 is 0 Å². The lowest BCUT2D eigenvalue weighted by molar-refractivity contribution is -0.121. The number of hydrogen-bond acceptors (Lipinski definition) is 4. The van der Waals surface area contributed by atoms with Crippen LogP contribution in [-0.2, 0) is 4.79 Å². The van der Waals surface area contributed by atoms with Crippen molar-refractivity contribution in [2.24, 2.45) is 5.41 Å². The van der Waals surface area contributed by atoms with Gasteiger partial charge in [0.05, 0.1) is 12.7 Å². The van der Waals surface area contributed by atoms with Crippen molar-refractivity contribution >= 4 is 5.78 Å². The summed E-state index contributed by atoms with van der Waals surface area (Å²) in [5, 5.41) is 28.6. The molecule has 96 valence electrons. The molecule has 0 radical (unpaired) electrons. The van der Waals surface area contributed by atoms with E-state index in [4.69, 9.17) is 5.11 Å². The number of aliphatic hydroxyl groups excluding tert-OH is 2. The van der Waals surface area contributed by atoms with Gasteiger partial charge in [0.1, 0.15) is 5.60 Å². The van der Waals surface area contributed by atoms with Crippen molar-refractivity contribution in [3.05, 3.63) is 23.8 Å². The quantitative estimate of drug-likeness (QED) is 0.630. The molecule has 0 saturated heterocycles. The highest BCUT2D eigenvalue weighted by molar-refractivity contribution is 5.92. The minimum Gasteiger partial charge on any atom is -0.393 e. The molecule has 0 amide bonds. The maximum Gasteiger partial charge on any atom is 0.156 e. The molecular formula is C13H20O4. The van der Waals surface area contributed by atoms with E-state index in [2.05, 4.69) is 0 Å². The van der Waals surface area contributed by atoms with Gasteiger partial charge in [0.15, 0.2) is 5.78 Å². The van der Waals surface area contributed by atoms with Crippen LogP contribution in [0.4, 0.5) is 0 Å². The summed E-state index contributed by atoms with van der Waals surface area (Å²) in [4.78, 5) is 11.5. The Labute approximate surface area is 101 Å². The lowest BCUT2D eigenvalue weighted by Gasteiger charge is -2.44. The average Bonchev–Trinajstić information content (AvgIpc) is 2.22. The molecule has 0 saturated carbocycles. The zero-order chi connectivity index (χ0) is 13.3. The fourth-order valence-electron chi connectivity index (χ4n) is 2.17. The number of ketones is 1. The monoisotopic (exact) mass is 240 g/mol. The minimum absolute atomic E-state index is 0.00622. The van der Waals surface area contributed by atoms with Crippen LogP contribution in [0.1, 0.15) is 27.2 Å². The highest BCUT2D eigenvalue weighted by Crippen LogP contribution is 2.44. The first kappa shape index (κ1) is 14.1. The number of hydrogen-bond donors (Lipinski definition) is 3. The van der Waals surface area contributed by atoms with Gasteiger partial charge in [0, 0.05) is 11.8 Å². The van der Waals surface area contributed by atoms with Gasteiger partial charge in [-0.3, -0.25) is 4.79 Å². The van der Waals surface area contributed by atoms with Crippen LogP contribution in [0.25, 0.3) is 0 Å². The van der Waals surface area contributed by atoms with Crippen molar-refractivity contribution in [1.82, 2.24) is 0 Å². The van der Waals surface area contributed by atoms with Gasteiger partial charge in [0.25, 0.3) is 0 Å². The Bertz CT molecular complexity index is 368. The molecule has 0 bridgehead atoms. The van der Waals surface area contributed by atoms with Crippen molar-refractivity contribution in [2.75, 3.05) is 6.61 Å². The number of carbonyl (C=O) groups excluding carboxylic acids is 1. The summed E-state index contributed by atoms with van der Waals surface area (Å²) in [6.07, 6.45) is 3.50. The maximum atomic E-state index is 11.5. The standard InChI is InChI=1S/C13H20O4/c1-9-6-11(16)7-12(2,3)13(9,17)5-4-10(15)8-14/h4-6,10,14-15,17H,7-8H2,1-3H3/b5-4+/t10-,13+/m0/s1. The van der Waals surface area contributed by atoms with Crippen molar-refractivity contribution in [3.8, 4) is 0 Å². The van der Waals surface area contributed by atoms with Crippen LogP contribution in [-0.4, -0.2) is 39.4 Å². The van der Waals surface area contributed by atoms with E-state index in [1.165, 1.54) is 18.2 Å². The molecule has 3 N–H and O–H groups in total. The summed E-state index contributed by atoms with van der Waals surface area (Å²) in [5.41, 5.74) is -1.34. The molecule has 4 heteroatoms. The Balaban J connectivity index is 3.10. The average molecular weight is 240 g/mol. The van der Waals surface area contributed by atoms with Gasteiger partial charge in [-0.1, -0.05) is 19.9 Å². The summed E-state index contributed by atoms with van der Waals surface area (Å²) >= 11 is 0. The van der Waals surface area contributed by atoms with Crippen LogP contribution in [0.5, 0.6) is 0 Å². The van der Waals surface area contributed by atoms with Gasteiger partial charge in [-0.15, -0.1) is 0 Å². The summed E-state index contributed by atoms with van der Waals surface area (Å²) in [6, 6.07) is 0. The third-order valence-electron chi connectivity index (χ3n) is 3.37. The van der Waals surface area contributed by atoms with Gasteiger partial charge in [-0.25, -0.2) is 0 Å². The van der Waals surface area contributed by atoms with Gasteiger partial charge in [-0.2, -0.15) is 0 Å². The minimum atomic E-state index is -1.27. The van der Waals surface area contributed by atoms with Crippen LogP contribution in [0, 0.1) is 5.41 Å². The van der Waals surface area contributed by atoms with Crippen LogP contribution in [0.2, 0.25) is 0 Å². The summed E-state index contributed by atoms with van der Waals surface area (Å²) in [5.74, 6) is -0.00622. The highest BCUT2D eigenvalue weighted by Gasteiger charge is 2.46. The van der Waals surface area contributed by atoms with Crippen molar-refractivity contribution in [3.63, 3.8) is 0 Å². The molecule has 1 aliphatic rings. The van der Waals surface area contributed by atoms with Gasteiger partial charge in [-0.05, 0) is 24.6 Å². The van der Waals surface area contributed by atoms with Crippen molar-refractivity contribution in [1.29, 1.82) is 0 Å². The molecule has 0 spiro atoms. The Hall–Kier alpha value is -0.970. The maximum absolute atomic E-state index is 11.5. The second kappa shape index (κ2) is 4.72. The van der Waals surface area contributed by atoms with E-state index < -0.39 is 23.7 Å². The highest BCUT2D eigenvalue weighted by atomic mass is 16.3. The Morgan fingerprint density at radius 2 is 2.12 bits per heavy atom. The third kappa shape index (κ3) is 2.65. The van der Waals surface area contributed by atoms with Crippen molar-refractivity contribution < 1.29 is 20.1 Å². The molecule has 2 atom stereocenters. The third-order valence-corrected chi connectivity index (χ3v) is 3.37. The molecule has 1 aliphatic carbocycles. The fourth-order valence-corrected chi connectivity index (χ4v) is 2.17. The molecule has 1 rings (SSSR count). The van der Waals surface area contributed by atoms with Crippen LogP contribution < -0.4 is 0 Å². The number of carbonyl (C=O) groups is 1. The van der Waals surface area contributed by atoms with Gasteiger partial charge in [0.2, 0.25) is 0 Å². The number of aliphatic hydroxyl groups is 3. The van der Waals surface area contributed by atoms with Crippen LogP contribution >= 0.6 is 0 Å². The van der Waals surface area contributed by atoms with Gasteiger partial charge < -0.3 is 15.3 Å². The molecule has 0 aromatic rings. The predicted molar refractivity (Wildman–Crippen MR) is 64.3 cm³/mol. The first-order chi connectivity index (χ1) is 7.73. The molecule has 0 unspecified atom stereocenters. The molecule has 0 aliphatic heterocycles. The van der Waals surface area contributed by atoms with E-state index in [1.807, 2.05) is 0 Å². The van der Waals surface area contributed by atoms with E-state index in [9.17, 15) is 15.0 Å². The molecule has 0 heterocycles. The zero-order valence-corrected chi connectivity index (χ0v) is 10.5. The number of rotatable bonds is 3. The van der Waals surface area contributed by atoms with E-state index in [1.54, 1.807) is 20.8 Å². The Kier molecular flexibility index (Phi) is 3.91. The van der Waals surface area contributed by atoms with E-state index in [0.717, 1.165) is 0 Å². The number of allylic oxidation sites excluding steroid dienone is 1. The van der Waals surface area contributed by atoms with Gasteiger partial charge >= 0.3 is 0 Å². The normalized spacial score (nSPS) is 30.5. The van der Waals surface area contributed by atoms with Crippen LogP contribution in [0.3, 0.4) is 0 Å².